The van der Waals surface area contributed by atoms with Crippen LogP contribution in [0.4, 0.5) is 10.1 Å². The Kier molecular flexibility index (Phi) is 6.03. The van der Waals surface area contributed by atoms with E-state index in [1.165, 1.54) is 24.3 Å². The number of carbonyl (C=O) groups excluding carboxylic acids is 3. The molecule has 1 aliphatic heterocycles. The van der Waals surface area contributed by atoms with E-state index >= 15 is 0 Å². The van der Waals surface area contributed by atoms with Crippen molar-refractivity contribution >= 4 is 23.4 Å². The molecule has 7 heteroatoms. The molecule has 1 aliphatic rings. The van der Waals surface area contributed by atoms with Gasteiger partial charge in [0, 0.05) is 18.7 Å². The lowest BCUT2D eigenvalue weighted by Gasteiger charge is -2.17. The number of benzene rings is 2. The van der Waals surface area contributed by atoms with E-state index in [9.17, 15) is 18.8 Å². The van der Waals surface area contributed by atoms with Gasteiger partial charge in [-0.25, -0.2) is 4.39 Å². The first kappa shape index (κ1) is 19.5. The maximum absolute atomic E-state index is 12.9. The van der Waals surface area contributed by atoms with E-state index in [1.807, 2.05) is 31.2 Å². The number of hydrogen-bond donors (Lipinski definition) is 2. The maximum Gasteiger partial charge on any atom is 0.243 e. The molecule has 1 fully saturated rings. The summed E-state index contributed by atoms with van der Waals surface area (Å²) in [5.41, 5.74) is 7.25. The quantitative estimate of drug-likeness (QED) is 0.777. The van der Waals surface area contributed by atoms with Crippen LogP contribution in [0.1, 0.15) is 24.5 Å². The third-order valence-electron chi connectivity index (χ3n) is 4.73. The molecule has 6 nitrogen and oxygen atoms in total. The van der Waals surface area contributed by atoms with Gasteiger partial charge in [0.15, 0.2) is 0 Å². The zero-order valence-electron chi connectivity index (χ0n) is 15.6. The second-order valence-corrected chi connectivity index (χ2v) is 6.77. The molecule has 1 heterocycles. The number of nitrogens with zero attached hydrogens (tertiary/aromatic N) is 1. The second kappa shape index (κ2) is 8.65. The maximum atomic E-state index is 12.9. The van der Waals surface area contributed by atoms with Gasteiger partial charge in [-0.3, -0.25) is 25.2 Å². The summed E-state index contributed by atoms with van der Waals surface area (Å²) in [5.74, 6) is -1.86. The average molecular weight is 383 g/mol. The third-order valence-corrected chi connectivity index (χ3v) is 4.73. The molecule has 3 rings (SSSR count). The SMILES string of the molecule is CCc1cccc(N2C[C@@H](C(=O)NNC(=O)Cc3ccc(F)cc3)CC2=O)c1. The number of hydrogen-bond acceptors (Lipinski definition) is 3. The van der Waals surface area contributed by atoms with Crippen LogP contribution < -0.4 is 15.8 Å². The molecule has 0 bridgehead atoms. The van der Waals surface area contributed by atoms with Gasteiger partial charge in [0.2, 0.25) is 17.7 Å². The molecule has 2 aromatic rings. The molecular weight excluding hydrogens is 361 g/mol. The van der Waals surface area contributed by atoms with E-state index < -0.39 is 17.7 Å². The molecule has 3 amide bonds. The highest BCUT2D eigenvalue weighted by Crippen LogP contribution is 2.26. The fourth-order valence-corrected chi connectivity index (χ4v) is 3.14. The van der Waals surface area contributed by atoms with E-state index in [0.29, 0.717) is 5.56 Å². The van der Waals surface area contributed by atoms with E-state index in [2.05, 4.69) is 10.9 Å². The van der Waals surface area contributed by atoms with Crippen LogP contribution in [0.25, 0.3) is 0 Å². The molecule has 0 spiro atoms. The van der Waals surface area contributed by atoms with Crippen LogP contribution in [0, 0.1) is 11.7 Å². The highest BCUT2D eigenvalue weighted by atomic mass is 19.1. The van der Waals surface area contributed by atoms with Gasteiger partial charge in [0.25, 0.3) is 0 Å². The number of amides is 3. The summed E-state index contributed by atoms with van der Waals surface area (Å²) < 4.78 is 12.9. The van der Waals surface area contributed by atoms with Gasteiger partial charge in [-0.2, -0.15) is 0 Å². The van der Waals surface area contributed by atoms with E-state index in [1.54, 1.807) is 4.90 Å². The van der Waals surface area contributed by atoms with E-state index in [-0.39, 0.29) is 31.1 Å². The fraction of sp³-hybridized carbons (Fsp3) is 0.286. The minimum absolute atomic E-state index is 0.0140. The second-order valence-electron chi connectivity index (χ2n) is 6.77. The first-order chi connectivity index (χ1) is 13.5. The normalized spacial score (nSPS) is 16.1. The summed E-state index contributed by atoms with van der Waals surface area (Å²) in [4.78, 5) is 38.2. The Morgan fingerprint density at radius 2 is 1.86 bits per heavy atom. The summed E-state index contributed by atoms with van der Waals surface area (Å²) in [6.45, 7) is 2.31. The molecule has 2 N–H and O–H groups in total. The zero-order chi connectivity index (χ0) is 20.1. The Bertz CT molecular complexity index is 883. The van der Waals surface area contributed by atoms with Crippen molar-refractivity contribution in [1.82, 2.24) is 10.9 Å². The van der Waals surface area contributed by atoms with E-state index in [4.69, 9.17) is 0 Å². The summed E-state index contributed by atoms with van der Waals surface area (Å²) in [5, 5.41) is 0. The highest BCUT2D eigenvalue weighted by Gasteiger charge is 2.35. The van der Waals surface area contributed by atoms with Gasteiger partial charge in [-0.05, 0) is 41.8 Å². The lowest BCUT2D eigenvalue weighted by Crippen LogP contribution is -2.45. The first-order valence-electron chi connectivity index (χ1n) is 9.18. The van der Waals surface area contributed by atoms with Crippen LogP contribution in [0.3, 0.4) is 0 Å². The van der Waals surface area contributed by atoms with Gasteiger partial charge >= 0.3 is 0 Å². The number of nitrogens with one attached hydrogen (secondary N) is 2. The standard InChI is InChI=1S/C21H22FN3O3/c1-2-14-4-3-5-18(10-14)25-13-16(12-20(25)27)21(28)24-23-19(26)11-15-6-8-17(22)9-7-15/h3-10,16H,2,11-13H2,1H3,(H,23,26)(H,24,28)/t16-/m0/s1. The third kappa shape index (κ3) is 4.73. The van der Waals surface area contributed by atoms with Crippen LogP contribution in [-0.2, 0) is 27.2 Å². The molecule has 0 aliphatic carbocycles. The molecule has 0 aromatic heterocycles. The van der Waals surface area contributed by atoms with E-state index in [0.717, 1.165) is 17.7 Å². The monoisotopic (exact) mass is 383 g/mol. The Hall–Kier alpha value is -3.22. The summed E-state index contributed by atoms with van der Waals surface area (Å²) in [6, 6.07) is 13.2. The van der Waals surface area contributed by atoms with Gasteiger partial charge in [0.1, 0.15) is 5.82 Å². The Labute approximate surface area is 162 Å². The van der Waals surface area contributed by atoms with Crippen LogP contribution in [0.15, 0.2) is 48.5 Å². The van der Waals surface area contributed by atoms with Crippen LogP contribution in [0.2, 0.25) is 0 Å². The molecule has 1 saturated heterocycles. The molecule has 1 atom stereocenters. The molecule has 2 aromatic carbocycles. The van der Waals surface area contributed by atoms with Crippen molar-refractivity contribution in [1.29, 1.82) is 0 Å². The van der Waals surface area contributed by atoms with Crippen molar-refractivity contribution in [2.75, 3.05) is 11.4 Å². The van der Waals surface area contributed by atoms with Crippen LogP contribution in [0.5, 0.6) is 0 Å². The van der Waals surface area contributed by atoms with Crippen molar-refractivity contribution in [2.45, 2.75) is 26.2 Å². The zero-order valence-corrected chi connectivity index (χ0v) is 15.6. The molecule has 0 saturated carbocycles. The number of anilines is 1. The minimum atomic E-state index is -0.538. The number of rotatable bonds is 5. The Morgan fingerprint density at radius 3 is 2.57 bits per heavy atom. The number of halogens is 1. The average Bonchev–Trinajstić information content (AvgIpc) is 3.10. The molecule has 146 valence electrons. The molecule has 0 radical (unpaired) electrons. The Balaban J connectivity index is 1.52. The van der Waals surface area contributed by atoms with Crippen molar-refractivity contribution in [3.8, 4) is 0 Å². The summed E-state index contributed by atoms with van der Waals surface area (Å²) >= 11 is 0. The van der Waals surface area contributed by atoms with Crippen LogP contribution >= 0.6 is 0 Å². The minimum Gasteiger partial charge on any atom is -0.312 e. The molecular formula is C21H22FN3O3. The van der Waals surface area contributed by atoms with Gasteiger partial charge in [0.05, 0.1) is 12.3 Å². The molecule has 0 unspecified atom stereocenters. The molecule has 28 heavy (non-hydrogen) atoms. The van der Waals surface area contributed by atoms with Crippen molar-refractivity contribution in [2.24, 2.45) is 5.92 Å². The lowest BCUT2D eigenvalue weighted by molar-refractivity contribution is -0.131. The number of hydrazine groups is 1. The van der Waals surface area contributed by atoms with Crippen molar-refractivity contribution in [3.63, 3.8) is 0 Å². The number of aryl methyl sites for hydroxylation is 1. The van der Waals surface area contributed by atoms with Crippen molar-refractivity contribution < 1.29 is 18.8 Å². The van der Waals surface area contributed by atoms with Crippen LogP contribution in [-0.4, -0.2) is 24.3 Å². The van der Waals surface area contributed by atoms with Gasteiger partial charge < -0.3 is 4.90 Å². The van der Waals surface area contributed by atoms with Gasteiger partial charge in [-0.15, -0.1) is 0 Å². The highest BCUT2D eigenvalue weighted by molar-refractivity contribution is 6.00. The lowest BCUT2D eigenvalue weighted by atomic mass is 10.1. The fourth-order valence-electron chi connectivity index (χ4n) is 3.14. The predicted molar refractivity (Wildman–Crippen MR) is 103 cm³/mol. The number of carbonyl (C=O) groups is 3. The topological polar surface area (TPSA) is 78.5 Å². The predicted octanol–water partition coefficient (Wildman–Crippen LogP) is 2.13. The van der Waals surface area contributed by atoms with Gasteiger partial charge in [-0.1, -0.05) is 31.2 Å². The van der Waals surface area contributed by atoms with Crippen molar-refractivity contribution in [3.05, 3.63) is 65.5 Å². The Morgan fingerprint density at radius 1 is 1.11 bits per heavy atom. The summed E-state index contributed by atoms with van der Waals surface area (Å²) in [7, 11) is 0. The summed E-state index contributed by atoms with van der Waals surface area (Å²) in [6.07, 6.45) is 0.968. The largest absolute Gasteiger partial charge is 0.312 e. The smallest absolute Gasteiger partial charge is 0.243 e. The first-order valence-corrected chi connectivity index (χ1v) is 9.18.